The molecule has 0 saturated heterocycles. The predicted molar refractivity (Wildman–Crippen MR) is 126 cm³/mol. The summed E-state index contributed by atoms with van der Waals surface area (Å²) in [4.78, 5) is 0. The Bertz CT molecular complexity index is 1350. The number of rotatable bonds is 3. The van der Waals surface area contributed by atoms with Gasteiger partial charge in [-0.3, -0.25) is 0 Å². The van der Waals surface area contributed by atoms with Crippen molar-refractivity contribution in [1.82, 2.24) is 0 Å². The van der Waals surface area contributed by atoms with E-state index in [1.165, 1.54) is 43.8 Å². The lowest BCUT2D eigenvalue weighted by Gasteiger charge is -2.17. The molecule has 1 N–H and O–H groups in total. The van der Waals surface area contributed by atoms with Crippen molar-refractivity contribution in [1.29, 1.82) is 0 Å². The van der Waals surface area contributed by atoms with Gasteiger partial charge >= 0.3 is 0 Å². The summed E-state index contributed by atoms with van der Waals surface area (Å²) in [6, 6.07) is 34.6. The third kappa shape index (κ3) is 3.15. The molecule has 0 heterocycles. The van der Waals surface area contributed by atoms with E-state index < -0.39 is 0 Å². The zero-order valence-corrected chi connectivity index (χ0v) is 16.7. The molecule has 5 aromatic rings. The van der Waals surface area contributed by atoms with Crippen LogP contribution in [-0.4, -0.2) is 0 Å². The molecular formula is C28H23N. The number of anilines is 2. The molecule has 140 valence electrons. The van der Waals surface area contributed by atoms with Gasteiger partial charge in [0.15, 0.2) is 0 Å². The van der Waals surface area contributed by atoms with Gasteiger partial charge in [0.2, 0.25) is 0 Å². The van der Waals surface area contributed by atoms with Crippen molar-refractivity contribution in [2.45, 2.75) is 13.8 Å². The molecule has 0 aliphatic rings. The Morgan fingerprint density at radius 2 is 1.31 bits per heavy atom. The molecule has 0 fully saturated rings. The highest BCUT2D eigenvalue weighted by Crippen LogP contribution is 2.37. The van der Waals surface area contributed by atoms with Crippen LogP contribution in [0, 0.1) is 13.8 Å². The summed E-state index contributed by atoms with van der Waals surface area (Å²) in [5, 5.41) is 8.73. The molecule has 5 rings (SSSR count). The van der Waals surface area contributed by atoms with Crippen molar-refractivity contribution in [2.75, 3.05) is 5.32 Å². The first kappa shape index (κ1) is 17.5. The maximum absolute atomic E-state index is 3.64. The third-order valence-electron chi connectivity index (χ3n) is 5.77. The number of hydrogen-bond acceptors (Lipinski definition) is 1. The lowest BCUT2D eigenvalue weighted by molar-refractivity contribution is 1.41. The van der Waals surface area contributed by atoms with Gasteiger partial charge in [-0.2, -0.15) is 0 Å². The topological polar surface area (TPSA) is 12.0 Å². The van der Waals surface area contributed by atoms with Crippen LogP contribution in [0.1, 0.15) is 11.1 Å². The van der Waals surface area contributed by atoms with Crippen LogP contribution in [-0.2, 0) is 0 Å². The van der Waals surface area contributed by atoms with E-state index in [9.17, 15) is 0 Å². The first-order valence-electron chi connectivity index (χ1n) is 10.0. The zero-order valence-electron chi connectivity index (χ0n) is 16.7. The molecule has 0 spiro atoms. The fraction of sp³-hybridized carbons (Fsp3) is 0.0714. The van der Waals surface area contributed by atoms with Crippen LogP contribution < -0.4 is 5.32 Å². The van der Waals surface area contributed by atoms with Gasteiger partial charge in [0.1, 0.15) is 0 Å². The molecule has 0 radical (unpaired) electrons. The fourth-order valence-electron chi connectivity index (χ4n) is 4.20. The van der Waals surface area contributed by atoms with Gasteiger partial charge in [-0.25, -0.2) is 0 Å². The van der Waals surface area contributed by atoms with Crippen LogP contribution in [0.15, 0.2) is 97.1 Å². The van der Waals surface area contributed by atoms with E-state index in [1.54, 1.807) is 0 Å². The minimum absolute atomic E-state index is 1.11. The minimum Gasteiger partial charge on any atom is -0.355 e. The Kier molecular flexibility index (Phi) is 4.29. The van der Waals surface area contributed by atoms with Crippen molar-refractivity contribution in [3.8, 4) is 11.1 Å². The van der Waals surface area contributed by atoms with E-state index >= 15 is 0 Å². The normalized spacial score (nSPS) is 11.1. The van der Waals surface area contributed by atoms with Crippen LogP contribution in [0.25, 0.3) is 32.7 Å². The molecule has 0 aliphatic heterocycles. The smallest absolute Gasteiger partial charge is 0.0420 e. The molecule has 0 aromatic heterocycles. The van der Waals surface area contributed by atoms with E-state index in [0.29, 0.717) is 0 Å². The summed E-state index contributed by atoms with van der Waals surface area (Å²) >= 11 is 0. The maximum Gasteiger partial charge on any atom is 0.0420 e. The van der Waals surface area contributed by atoms with Crippen LogP contribution in [0.3, 0.4) is 0 Å². The number of aryl methyl sites for hydroxylation is 1. The van der Waals surface area contributed by atoms with Gasteiger partial charge in [-0.1, -0.05) is 78.9 Å². The second-order valence-corrected chi connectivity index (χ2v) is 7.64. The highest BCUT2D eigenvalue weighted by molar-refractivity contribution is 6.00. The lowest BCUT2D eigenvalue weighted by Crippen LogP contribution is -1.96. The van der Waals surface area contributed by atoms with Gasteiger partial charge in [-0.05, 0) is 75.8 Å². The molecule has 0 aliphatic carbocycles. The van der Waals surface area contributed by atoms with Gasteiger partial charge in [-0.15, -0.1) is 0 Å². The highest BCUT2D eigenvalue weighted by atomic mass is 14.9. The summed E-state index contributed by atoms with van der Waals surface area (Å²) in [5.74, 6) is 0. The quantitative estimate of drug-likeness (QED) is 0.337. The van der Waals surface area contributed by atoms with Gasteiger partial charge in [0.25, 0.3) is 0 Å². The Hall–Kier alpha value is -3.58. The van der Waals surface area contributed by atoms with Crippen molar-refractivity contribution in [3.63, 3.8) is 0 Å². The monoisotopic (exact) mass is 373 g/mol. The van der Waals surface area contributed by atoms with Gasteiger partial charge in [0.05, 0.1) is 0 Å². The lowest BCUT2D eigenvalue weighted by atomic mass is 9.91. The minimum atomic E-state index is 1.11. The first-order valence-corrected chi connectivity index (χ1v) is 10.0. The van der Waals surface area contributed by atoms with Crippen molar-refractivity contribution in [3.05, 3.63) is 108 Å². The Morgan fingerprint density at radius 1 is 0.586 bits per heavy atom. The molecule has 0 saturated carbocycles. The number of fused-ring (bicyclic) bond motifs is 2. The SMILES string of the molecule is Cc1ccc2ccccc2c1-c1cccc(Nc2ccc3ccccc3c2)c1C. The molecule has 29 heavy (non-hydrogen) atoms. The second-order valence-electron chi connectivity index (χ2n) is 7.64. The first-order chi connectivity index (χ1) is 14.2. The summed E-state index contributed by atoms with van der Waals surface area (Å²) in [7, 11) is 0. The standard InChI is InChI=1S/C28H23N/c1-19-14-15-22-9-5-6-11-26(22)28(19)25-12-7-13-27(20(25)2)29-24-17-16-21-8-3-4-10-23(21)18-24/h3-18,29H,1-2H3. The summed E-state index contributed by atoms with van der Waals surface area (Å²) in [6.07, 6.45) is 0. The average Bonchev–Trinajstić information content (AvgIpc) is 2.75. The van der Waals surface area contributed by atoms with E-state index in [2.05, 4.69) is 116 Å². The van der Waals surface area contributed by atoms with Crippen LogP contribution >= 0.6 is 0 Å². The molecule has 1 heteroatoms. The Labute approximate surface area is 171 Å². The fourth-order valence-corrected chi connectivity index (χ4v) is 4.20. The van der Waals surface area contributed by atoms with E-state index in [1.807, 2.05) is 0 Å². The molecule has 0 unspecified atom stereocenters. The van der Waals surface area contributed by atoms with Crippen LogP contribution in [0.4, 0.5) is 11.4 Å². The van der Waals surface area contributed by atoms with E-state index in [-0.39, 0.29) is 0 Å². The Balaban J connectivity index is 1.61. The van der Waals surface area contributed by atoms with E-state index in [0.717, 1.165) is 11.4 Å². The predicted octanol–water partition coefficient (Wildman–Crippen LogP) is 8.02. The van der Waals surface area contributed by atoms with Gasteiger partial charge in [0, 0.05) is 11.4 Å². The molecule has 1 nitrogen and oxygen atoms in total. The number of nitrogens with one attached hydrogen (secondary N) is 1. The third-order valence-corrected chi connectivity index (χ3v) is 5.77. The summed E-state index contributed by atoms with van der Waals surface area (Å²) in [5.41, 5.74) is 7.42. The van der Waals surface area contributed by atoms with Gasteiger partial charge < -0.3 is 5.32 Å². The number of benzene rings is 5. The molecule has 0 bridgehead atoms. The number of hydrogen-bond donors (Lipinski definition) is 1. The van der Waals surface area contributed by atoms with Crippen molar-refractivity contribution >= 4 is 32.9 Å². The average molecular weight is 373 g/mol. The molecule has 5 aromatic carbocycles. The maximum atomic E-state index is 3.64. The molecule has 0 amide bonds. The summed E-state index contributed by atoms with van der Waals surface area (Å²) in [6.45, 7) is 4.41. The highest BCUT2D eigenvalue weighted by Gasteiger charge is 2.12. The van der Waals surface area contributed by atoms with Crippen molar-refractivity contribution < 1.29 is 0 Å². The summed E-state index contributed by atoms with van der Waals surface area (Å²) < 4.78 is 0. The van der Waals surface area contributed by atoms with E-state index in [4.69, 9.17) is 0 Å². The zero-order chi connectivity index (χ0) is 19.8. The molecular weight excluding hydrogens is 350 g/mol. The second kappa shape index (κ2) is 7.10. The van der Waals surface area contributed by atoms with Crippen molar-refractivity contribution in [2.24, 2.45) is 0 Å². The van der Waals surface area contributed by atoms with Crippen LogP contribution in [0.2, 0.25) is 0 Å². The molecule has 0 atom stereocenters. The largest absolute Gasteiger partial charge is 0.355 e. The Morgan fingerprint density at radius 3 is 2.17 bits per heavy atom. The van der Waals surface area contributed by atoms with Crippen LogP contribution in [0.5, 0.6) is 0 Å².